The molecule has 0 saturated heterocycles. The average Bonchev–Trinajstić information content (AvgIpc) is 3.25. The zero-order chi connectivity index (χ0) is 19.5. The molecule has 155 valence electrons. The van der Waals surface area contributed by atoms with Crippen LogP contribution in [0.4, 0.5) is 0 Å². The number of benzene rings is 2. The fourth-order valence-corrected chi connectivity index (χ4v) is 3.80. The van der Waals surface area contributed by atoms with E-state index in [-0.39, 0.29) is 60.5 Å². The largest absolute Gasteiger partial charge is 4.00 e. The molecule has 4 rings (SSSR count). The van der Waals surface area contributed by atoms with E-state index in [2.05, 4.69) is 113 Å². The molecule has 2 aliphatic rings. The Morgan fingerprint density at radius 2 is 0.933 bits per heavy atom. The van der Waals surface area contributed by atoms with Gasteiger partial charge in [0.2, 0.25) is 0 Å². The third-order valence-electron chi connectivity index (χ3n) is 4.67. The monoisotopic (exact) mass is 529 g/mol. The smallest absolute Gasteiger partial charge is 1.00 e. The van der Waals surface area contributed by atoms with E-state index < -0.39 is 0 Å². The van der Waals surface area contributed by atoms with Gasteiger partial charge < -0.3 is 24.8 Å². The van der Waals surface area contributed by atoms with Gasteiger partial charge in [0, 0.05) is 0 Å². The Morgan fingerprint density at radius 3 is 1.13 bits per heavy atom. The van der Waals surface area contributed by atoms with E-state index in [1.165, 1.54) is 32.7 Å². The van der Waals surface area contributed by atoms with Crippen LogP contribution < -0.4 is 35.2 Å². The molecule has 0 N–H and O–H groups in total. The molecule has 0 aromatic heterocycles. The molecule has 2 aromatic carbocycles. The third kappa shape index (κ3) is 12.1. The molecule has 30 heavy (non-hydrogen) atoms. The van der Waals surface area contributed by atoms with E-state index in [0.29, 0.717) is 0 Å². The summed E-state index contributed by atoms with van der Waals surface area (Å²) in [5, 5.41) is 2.90. The van der Waals surface area contributed by atoms with Gasteiger partial charge in [-0.05, 0) is 0 Å². The van der Waals surface area contributed by atoms with Crippen molar-refractivity contribution in [2.75, 3.05) is 0 Å². The standard InChI is InChI=1S/C12H11Si.2C7H9.2ClH.Zr/c1-3-7-11(8-4-1)13-12-9-5-2-6-10-12;2*1-6-4-3-5-7(6)2;;;/h1-10,13H;2*4H,3H2,1-2H3;2*1H;/q;2*-1;;;+4/p-2. The Balaban J connectivity index is 0. The summed E-state index contributed by atoms with van der Waals surface area (Å²) in [6.07, 6.45) is 12.8. The van der Waals surface area contributed by atoms with E-state index in [0.717, 1.165) is 12.8 Å². The van der Waals surface area contributed by atoms with Gasteiger partial charge in [0.05, 0.1) is 0 Å². The van der Waals surface area contributed by atoms with Gasteiger partial charge >= 0.3 is 26.2 Å². The number of hydrogen-bond donors (Lipinski definition) is 0. The van der Waals surface area contributed by atoms with Crippen LogP contribution in [0.3, 0.4) is 0 Å². The molecule has 0 fully saturated rings. The Kier molecular flexibility index (Phi) is 18.5. The number of hydrogen-bond acceptors (Lipinski definition) is 0. The summed E-state index contributed by atoms with van der Waals surface area (Å²) in [7, 11) is 0.271. The molecule has 2 aromatic rings. The quantitative estimate of drug-likeness (QED) is 0.354. The zero-order valence-electron chi connectivity index (χ0n) is 18.2. The maximum Gasteiger partial charge on any atom is 4.00 e. The van der Waals surface area contributed by atoms with Gasteiger partial charge in [0.25, 0.3) is 0 Å². The molecular weight excluding hydrogens is 503 g/mol. The van der Waals surface area contributed by atoms with Crippen LogP contribution in [-0.2, 0) is 26.2 Å². The molecule has 0 unspecified atom stereocenters. The van der Waals surface area contributed by atoms with E-state index in [1.54, 1.807) is 0 Å². The first-order chi connectivity index (χ1) is 13.1. The number of rotatable bonds is 2. The van der Waals surface area contributed by atoms with Crippen LogP contribution in [0.5, 0.6) is 0 Å². The molecule has 0 aliphatic heterocycles. The maximum atomic E-state index is 3.19. The van der Waals surface area contributed by atoms with E-state index in [1.807, 2.05) is 0 Å². The van der Waals surface area contributed by atoms with E-state index >= 15 is 0 Å². The first-order valence-electron chi connectivity index (χ1n) is 9.50. The van der Waals surface area contributed by atoms with Crippen molar-refractivity contribution >= 4 is 19.9 Å². The van der Waals surface area contributed by atoms with Crippen molar-refractivity contribution in [2.45, 2.75) is 40.5 Å². The van der Waals surface area contributed by atoms with Crippen molar-refractivity contribution in [1.29, 1.82) is 0 Å². The number of allylic oxidation sites excluding steroid dienone is 8. The summed E-state index contributed by atoms with van der Waals surface area (Å²) in [6, 6.07) is 21.3. The van der Waals surface area contributed by atoms with Gasteiger partial charge in [-0.2, -0.15) is 12.2 Å². The molecule has 4 heteroatoms. The molecular formula is C26H29Cl2SiZr. The van der Waals surface area contributed by atoms with E-state index in [4.69, 9.17) is 0 Å². The normalized spacial score (nSPS) is 13.2. The van der Waals surface area contributed by atoms with Crippen LogP contribution in [0.15, 0.2) is 95.1 Å². The van der Waals surface area contributed by atoms with Crippen molar-refractivity contribution in [2.24, 2.45) is 0 Å². The van der Waals surface area contributed by atoms with Gasteiger partial charge in [-0.15, -0.1) is 26.7 Å². The molecule has 0 amide bonds. The van der Waals surface area contributed by atoms with E-state index in [9.17, 15) is 0 Å². The molecule has 0 heterocycles. The van der Waals surface area contributed by atoms with Crippen LogP contribution in [0.2, 0.25) is 0 Å². The van der Waals surface area contributed by atoms with Crippen molar-refractivity contribution in [1.82, 2.24) is 0 Å². The summed E-state index contributed by atoms with van der Waals surface area (Å²) < 4.78 is 0. The van der Waals surface area contributed by atoms with Crippen molar-refractivity contribution in [3.63, 3.8) is 0 Å². The second-order valence-corrected chi connectivity index (χ2v) is 8.37. The second-order valence-electron chi connectivity index (χ2n) is 6.75. The van der Waals surface area contributed by atoms with Gasteiger partial charge in [-0.25, -0.2) is 22.3 Å². The summed E-state index contributed by atoms with van der Waals surface area (Å²) >= 11 is 0. The minimum absolute atomic E-state index is 0. The molecule has 0 atom stereocenters. The second kappa shape index (κ2) is 17.7. The topological polar surface area (TPSA) is 0 Å². The SMILES string of the molecule is CC1=[C-]CC=C1C.CC1=[C-]CC=C1C.[Cl-].[Cl-].[Zr+4].c1ccc([SiH]c2ccccc2)cc1. The Hall–Kier alpha value is -0.920. The summed E-state index contributed by atoms with van der Waals surface area (Å²) in [6.45, 7) is 8.43. The first-order valence-corrected chi connectivity index (χ1v) is 10.7. The minimum Gasteiger partial charge on any atom is -1.00 e. The summed E-state index contributed by atoms with van der Waals surface area (Å²) in [5.74, 6) is 0. The summed E-state index contributed by atoms with van der Waals surface area (Å²) in [4.78, 5) is 0. The predicted octanol–water partition coefficient (Wildman–Crippen LogP) is -0.749. The van der Waals surface area contributed by atoms with Gasteiger partial charge in [-0.1, -0.05) is 84.9 Å². The zero-order valence-corrected chi connectivity index (χ0v) is 23.3. The molecule has 0 bridgehead atoms. The van der Waals surface area contributed by atoms with Crippen molar-refractivity contribution in [3.8, 4) is 0 Å². The Bertz CT molecular complexity index is 734. The average molecular weight is 532 g/mol. The molecule has 2 aliphatic carbocycles. The summed E-state index contributed by atoms with van der Waals surface area (Å²) in [5.41, 5.74) is 5.42. The minimum atomic E-state index is 0. The predicted molar refractivity (Wildman–Crippen MR) is 121 cm³/mol. The van der Waals surface area contributed by atoms with Gasteiger partial charge in [-0.3, -0.25) is 12.2 Å². The van der Waals surface area contributed by atoms with Crippen molar-refractivity contribution < 1.29 is 51.0 Å². The van der Waals surface area contributed by atoms with Crippen LogP contribution in [0, 0.1) is 12.2 Å². The van der Waals surface area contributed by atoms with Crippen LogP contribution in [-0.4, -0.2) is 9.52 Å². The van der Waals surface area contributed by atoms with Gasteiger partial charge in [0.1, 0.15) is 9.52 Å². The van der Waals surface area contributed by atoms with Crippen LogP contribution in [0.1, 0.15) is 40.5 Å². The van der Waals surface area contributed by atoms with Gasteiger partial charge in [0.15, 0.2) is 0 Å². The molecule has 0 spiro atoms. The third-order valence-corrected chi connectivity index (χ3v) is 6.10. The fraction of sp³-hybridized carbons (Fsp3) is 0.231. The maximum absolute atomic E-state index is 3.19. The molecule has 1 radical (unpaired) electrons. The molecule has 0 saturated carbocycles. The Morgan fingerprint density at radius 1 is 0.600 bits per heavy atom. The van der Waals surface area contributed by atoms with Crippen LogP contribution >= 0.6 is 0 Å². The fourth-order valence-electron chi connectivity index (χ4n) is 2.59. The Labute approximate surface area is 217 Å². The first kappa shape index (κ1) is 31.3. The van der Waals surface area contributed by atoms with Crippen LogP contribution in [0.25, 0.3) is 0 Å². The number of halogens is 2. The molecule has 0 nitrogen and oxygen atoms in total. The van der Waals surface area contributed by atoms with Crippen molar-refractivity contribution in [3.05, 3.63) is 107 Å².